The number of carboxylic acids is 1. The number of pyridine rings is 1. The number of hydrogen-bond donors (Lipinski definition) is 1. The largest absolute Gasteiger partial charge is 0.496 e. The summed E-state index contributed by atoms with van der Waals surface area (Å²) >= 11 is 0.867. The third-order valence-electron chi connectivity index (χ3n) is 6.11. The Kier molecular flexibility index (Phi) is 6.22. The standard InChI is InChI=1S/C23H23F3N2O4S/c1-11-8-13(4-5-14(11)22(29)30)32-18-9-16(21-28-19(10-33-21)23(24,25)26)27-20-12(2)17(31-3)7-6-15(18)20/h6-7,9-11,13-14H,4-5,8H2,1-3H3,(H,29,30)/t11-,13+,14-/m1/s1. The Morgan fingerprint density at radius 3 is 2.58 bits per heavy atom. The lowest BCUT2D eigenvalue weighted by Gasteiger charge is -2.32. The fourth-order valence-corrected chi connectivity index (χ4v) is 5.12. The van der Waals surface area contributed by atoms with E-state index in [9.17, 15) is 23.1 Å². The third kappa shape index (κ3) is 4.62. The van der Waals surface area contributed by atoms with Crippen LogP contribution in [-0.4, -0.2) is 34.3 Å². The first kappa shape index (κ1) is 23.3. The monoisotopic (exact) mass is 480 g/mol. The third-order valence-corrected chi connectivity index (χ3v) is 6.98. The minimum atomic E-state index is -4.54. The van der Waals surface area contributed by atoms with Gasteiger partial charge in [-0.2, -0.15) is 13.2 Å². The zero-order chi connectivity index (χ0) is 23.9. The average Bonchev–Trinajstić information content (AvgIpc) is 3.25. The zero-order valence-electron chi connectivity index (χ0n) is 18.3. The lowest BCUT2D eigenvalue weighted by molar-refractivity contribution is -0.145. The van der Waals surface area contributed by atoms with Crippen molar-refractivity contribution in [2.24, 2.45) is 11.8 Å². The number of carbonyl (C=O) groups is 1. The minimum absolute atomic E-state index is 0.0519. The molecule has 2 heterocycles. The zero-order valence-corrected chi connectivity index (χ0v) is 19.1. The number of aliphatic carboxylic acids is 1. The quantitative estimate of drug-likeness (QED) is 0.485. The molecule has 1 saturated carbocycles. The number of rotatable bonds is 5. The van der Waals surface area contributed by atoms with Crippen LogP contribution in [0.1, 0.15) is 37.4 Å². The van der Waals surface area contributed by atoms with E-state index in [-0.39, 0.29) is 22.7 Å². The predicted octanol–water partition coefficient (Wildman–Crippen LogP) is 5.96. The highest BCUT2D eigenvalue weighted by Gasteiger charge is 2.35. The molecule has 1 aromatic carbocycles. The van der Waals surface area contributed by atoms with Gasteiger partial charge in [-0.3, -0.25) is 4.79 Å². The van der Waals surface area contributed by atoms with E-state index >= 15 is 0 Å². The van der Waals surface area contributed by atoms with Crippen molar-refractivity contribution in [2.45, 2.75) is 45.4 Å². The van der Waals surface area contributed by atoms with Crippen LogP contribution in [0.3, 0.4) is 0 Å². The van der Waals surface area contributed by atoms with E-state index in [1.165, 1.54) is 7.11 Å². The van der Waals surface area contributed by atoms with E-state index in [0.717, 1.165) is 22.3 Å². The van der Waals surface area contributed by atoms with Gasteiger partial charge in [0.25, 0.3) is 0 Å². The fraction of sp³-hybridized carbons (Fsp3) is 0.435. The van der Waals surface area contributed by atoms with Crippen LogP contribution in [0.15, 0.2) is 23.6 Å². The SMILES string of the molecule is COc1ccc2c(O[C@H]3CC[C@@H](C(=O)O)[C@H](C)C3)cc(-c3nc(C(F)(F)F)cs3)nc2c1C. The summed E-state index contributed by atoms with van der Waals surface area (Å²) in [4.78, 5) is 19.8. The van der Waals surface area contributed by atoms with Crippen LogP contribution in [0.2, 0.25) is 0 Å². The second-order valence-electron chi connectivity index (χ2n) is 8.31. The van der Waals surface area contributed by atoms with Crippen LogP contribution in [0.5, 0.6) is 11.5 Å². The molecule has 0 saturated heterocycles. The van der Waals surface area contributed by atoms with Crippen LogP contribution in [0.4, 0.5) is 13.2 Å². The number of methoxy groups -OCH3 is 1. The number of hydrogen-bond acceptors (Lipinski definition) is 6. The molecule has 33 heavy (non-hydrogen) atoms. The van der Waals surface area contributed by atoms with Crippen molar-refractivity contribution >= 4 is 28.2 Å². The molecule has 1 N–H and O–H groups in total. The number of halogens is 3. The van der Waals surface area contributed by atoms with Crippen molar-refractivity contribution in [1.29, 1.82) is 0 Å². The minimum Gasteiger partial charge on any atom is -0.496 e. The Morgan fingerprint density at radius 1 is 1.21 bits per heavy atom. The van der Waals surface area contributed by atoms with E-state index in [1.807, 2.05) is 19.9 Å². The van der Waals surface area contributed by atoms with Crippen LogP contribution in [0, 0.1) is 18.8 Å². The molecule has 176 valence electrons. The first-order valence-corrected chi connectivity index (χ1v) is 11.4. The Morgan fingerprint density at radius 2 is 1.97 bits per heavy atom. The van der Waals surface area contributed by atoms with Crippen molar-refractivity contribution < 1.29 is 32.5 Å². The number of aryl methyl sites for hydroxylation is 1. The van der Waals surface area contributed by atoms with Gasteiger partial charge in [0.2, 0.25) is 0 Å². The van der Waals surface area contributed by atoms with E-state index in [4.69, 9.17) is 9.47 Å². The van der Waals surface area contributed by atoms with E-state index in [0.29, 0.717) is 41.7 Å². The highest BCUT2D eigenvalue weighted by molar-refractivity contribution is 7.13. The van der Waals surface area contributed by atoms with Gasteiger partial charge in [-0.25, -0.2) is 9.97 Å². The highest BCUT2D eigenvalue weighted by Crippen LogP contribution is 2.40. The second-order valence-corrected chi connectivity index (χ2v) is 9.16. The van der Waals surface area contributed by atoms with Crippen LogP contribution < -0.4 is 9.47 Å². The van der Waals surface area contributed by atoms with Gasteiger partial charge < -0.3 is 14.6 Å². The van der Waals surface area contributed by atoms with Gasteiger partial charge in [-0.05, 0) is 44.2 Å². The van der Waals surface area contributed by atoms with E-state index < -0.39 is 23.8 Å². The molecule has 1 fully saturated rings. The fourth-order valence-electron chi connectivity index (χ4n) is 4.33. The molecule has 2 aromatic heterocycles. The summed E-state index contributed by atoms with van der Waals surface area (Å²) < 4.78 is 51.0. The second kappa shape index (κ2) is 8.81. The summed E-state index contributed by atoms with van der Waals surface area (Å²) in [6, 6.07) is 5.21. The summed E-state index contributed by atoms with van der Waals surface area (Å²) in [5, 5.41) is 11.2. The van der Waals surface area contributed by atoms with Gasteiger partial charge in [-0.1, -0.05) is 6.92 Å². The molecule has 3 atom stereocenters. The molecule has 10 heteroatoms. The van der Waals surface area contributed by atoms with Crippen LogP contribution in [-0.2, 0) is 11.0 Å². The molecule has 0 radical (unpaired) electrons. The smallest absolute Gasteiger partial charge is 0.434 e. The predicted molar refractivity (Wildman–Crippen MR) is 118 cm³/mol. The summed E-state index contributed by atoms with van der Waals surface area (Å²) in [6.07, 6.45) is -3.10. The maximum atomic E-state index is 13.1. The van der Waals surface area contributed by atoms with Crippen molar-refractivity contribution in [2.75, 3.05) is 7.11 Å². The van der Waals surface area contributed by atoms with Crippen molar-refractivity contribution in [1.82, 2.24) is 9.97 Å². The number of ether oxygens (including phenoxy) is 2. The van der Waals surface area contributed by atoms with Gasteiger partial charge in [0.1, 0.15) is 22.2 Å². The first-order chi connectivity index (χ1) is 15.6. The van der Waals surface area contributed by atoms with Crippen molar-refractivity contribution in [3.05, 3.63) is 34.8 Å². The Bertz CT molecular complexity index is 1190. The van der Waals surface area contributed by atoms with Gasteiger partial charge in [0.15, 0.2) is 5.69 Å². The van der Waals surface area contributed by atoms with E-state index in [1.54, 1.807) is 12.1 Å². The maximum Gasteiger partial charge on any atom is 0.434 e. The molecule has 0 bridgehead atoms. The molecule has 0 aliphatic heterocycles. The van der Waals surface area contributed by atoms with Crippen molar-refractivity contribution in [3.63, 3.8) is 0 Å². The van der Waals surface area contributed by atoms with Gasteiger partial charge in [-0.15, -0.1) is 11.3 Å². The Labute approximate surface area is 192 Å². The Hall–Kier alpha value is -2.88. The molecule has 4 rings (SSSR count). The number of alkyl halides is 3. The van der Waals surface area contributed by atoms with Gasteiger partial charge in [0, 0.05) is 22.4 Å². The molecule has 0 amide bonds. The van der Waals surface area contributed by atoms with Crippen LogP contribution >= 0.6 is 11.3 Å². The first-order valence-electron chi connectivity index (χ1n) is 10.5. The summed E-state index contributed by atoms with van der Waals surface area (Å²) in [5.41, 5.74) is 0.604. The molecule has 1 aliphatic carbocycles. The maximum absolute atomic E-state index is 13.1. The molecule has 0 spiro atoms. The number of fused-ring (bicyclic) bond motifs is 1. The number of benzene rings is 1. The molecular weight excluding hydrogens is 457 g/mol. The summed E-state index contributed by atoms with van der Waals surface area (Å²) in [5.74, 6) is -0.176. The molecule has 3 aromatic rings. The molecule has 1 aliphatic rings. The molecular formula is C23H23F3N2O4S. The number of thiazole rings is 1. The number of nitrogens with zero attached hydrogens (tertiary/aromatic N) is 2. The summed E-state index contributed by atoms with van der Waals surface area (Å²) in [6.45, 7) is 3.72. The average molecular weight is 481 g/mol. The molecule has 0 unspecified atom stereocenters. The van der Waals surface area contributed by atoms with Gasteiger partial charge in [0.05, 0.1) is 24.6 Å². The topological polar surface area (TPSA) is 81.5 Å². The number of carboxylic acid groups (broad SMARTS) is 1. The normalized spacial score (nSPS) is 21.2. The van der Waals surface area contributed by atoms with Crippen LogP contribution in [0.25, 0.3) is 21.6 Å². The van der Waals surface area contributed by atoms with E-state index in [2.05, 4.69) is 9.97 Å². The lowest BCUT2D eigenvalue weighted by Crippen LogP contribution is -2.34. The Balaban J connectivity index is 1.76. The number of aromatic nitrogens is 2. The highest BCUT2D eigenvalue weighted by atomic mass is 32.1. The lowest BCUT2D eigenvalue weighted by atomic mass is 9.79. The summed E-state index contributed by atoms with van der Waals surface area (Å²) in [7, 11) is 1.54. The van der Waals surface area contributed by atoms with Gasteiger partial charge >= 0.3 is 12.1 Å². The molecule has 6 nitrogen and oxygen atoms in total. The van der Waals surface area contributed by atoms with Crippen molar-refractivity contribution in [3.8, 4) is 22.2 Å².